The average Bonchev–Trinajstić information content (AvgIpc) is 3.57. The molecule has 4 atom stereocenters. The lowest BCUT2D eigenvalue weighted by Gasteiger charge is -2.45. The largest absolute Gasteiger partial charge is 0.497 e. The van der Waals surface area contributed by atoms with Gasteiger partial charge in [0.25, 0.3) is 5.54 Å². The van der Waals surface area contributed by atoms with E-state index in [1.807, 2.05) is 5.38 Å². The number of aryl methyl sites for hydroxylation is 1. The smallest absolute Gasteiger partial charge is 0.425 e. The molecule has 2 aliphatic rings. The number of carbonyl (C=O) groups excluding carboxylic acids is 1. The van der Waals surface area contributed by atoms with E-state index in [-0.39, 0.29) is 18.7 Å². The lowest BCUT2D eigenvalue weighted by molar-refractivity contribution is -0.228. The van der Waals surface area contributed by atoms with Crippen molar-refractivity contribution in [1.82, 2.24) is 0 Å². The summed E-state index contributed by atoms with van der Waals surface area (Å²) in [7, 11) is 1.49. The Morgan fingerprint density at radius 2 is 2.06 bits per heavy atom. The lowest BCUT2D eigenvalue weighted by atomic mass is 9.73. The number of hydrogen-bond donors (Lipinski definition) is 1. The number of alkyl halides is 3. The number of thiophene rings is 1. The molecule has 0 saturated carbocycles. The Kier molecular flexibility index (Phi) is 5.63. The summed E-state index contributed by atoms with van der Waals surface area (Å²) in [4.78, 5) is 13.8. The molecule has 3 aromatic rings. The molecule has 4 heterocycles. The van der Waals surface area contributed by atoms with Gasteiger partial charge in [0.05, 0.1) is 13.7 Å². The molecule has 1 fully saturated rings. The average molecular weight is 508 g/mol. The normalized spacial score (nSPS) is 27.6. The molecule has 2 aromatic heterocycles. The van der Waals surface area contributed by atoms with E-state index in [1.54, 1.807) is 43.3 Å². The van der Waals surface area contributed by atoms with Crippen LogP contribution in [0.3, 0.4) is 0 Å². The zero-order valence-corrected chi connectivity index (χ0v) is 20.1. The number of hydrogen-bond acceptors (Lipinski definition) is 7. The number of anilines is 1. The minimum absolute atomic E-state index is 0.129. The molecule has 0 unspecified atom stereocenters. The first-order valence-corrected chi connectivity index (χ1v) is 12.0. The van der Waals surface area contributed by atoms with E-state index >= 15 is 0 Å². The minimum Gasteiger partial charge on any atom is -0.497 e. The minimum atomic E-state index is -5.02. The van der Waals surface area contributed by atoms with Gasteiger partial charge in [-0.25, -0.2) is 4.79 Å². The maximum atomic E-state index is 15.0. The number of benzene rings is 1. The van der Waals surface area contributed by atoms with Gasteiger partial charge in [-0.15, -0.1) is 11.3 Å². The Bertz CT molecular complexity index is 1240. The molecule has 0 bridgehead atoms. The van der Waals surface area contributed by atoms with Gasteiger partial charge in [0.15, 0.2) is 5.60 Å². The molecule has 1 aromatic carbocycles. The first-order chi connectivity index (χ1) is 16.7. The van der Waals surface area contributed by atoms with Crippen molar-refractivity contribution in [3.05, 3.63) is 69.8 Å². The van der Waals surface area contributed by atoms with Crippen LogP contribution in [0.2, 0.25) is 0 Å². The molecule has 1 N–H and O–H groups in total. The lowest BCUT2D eigenvalue weighted by Crippen LogP contribution is -2.68. The quantitative estimate of drug-likeness (QED) is 0.443. The molecule has 35 heavy (non-hydrogen) atoms. The van der Waals surface area contributed by atoms with E-state index in [2.05, 4.69) is 5.32 Å². The van der Waals surface area contributed by atoms with Crippen LogP contribution in [0.4, 0.5) is 18.9 Å². The van der Waals surface area contributed by atoms with E-state index in [9.17, 15) is 18.0 Å². The number of ether oxygens (including phenoxy) is 3. The molecule has 2 aliphatic heterocycles. The Balaban J connectivity index is 1.77. The van der Waals surface area contributed by atoms with Crippen LogP contribution in [-0.4, -0.2) is 37.5 Å². The molecular formula is C25H24F3NO5S. The van der Waals surface area contributed by atoms with Crippen LogP contribution in [-0.2, 0) is 19.9 Å². The second-order valence-corrected chi connectivity index (χ2v) is 9.62. The number of rotatable bonds is 5. The van der Waals surface area contributed by atoms with Gasteiger partial charge in [0.2, 0.25) is 0 Å². The molecule has 0 radical (unpaired) electrons. The summed E-state index contributed by atoms with van der Waals surface area (Å²) >= 11 is 1.36. The SMILES string of the molecule is CCOC(=O)[C@@]1(C(F)(F)F)Nc2ccc(OC)cc2[C@H]2C[C@@](c3ccc(C)o3)(c3cccs3)O[C@H]21. The molecule has 1 saturated heterocycles. The zero-order chi connectivity index (χ0) is 25.0. The van der Waals surface area contributed by atoms with Gasteiger partial charge in [-0.05, 0) is 67.6 Å². The second kappa shape index (κ2) is 8.30. The van der Waals surface area contributed by atoms with Crippen molar-refractivity contribution < 1.29 is 36.6 Å². The highest BCUT2D eigenvalue weighted by atomic mass is 32.1. The fourth-order valence-corrected chi connectivity index (χ4v) is 6.04. The monoisotopic (exact) mass is 507 g/mol. The third-order valence-electron chi connectivity index (χ3n) is 6.72. The first-order valence-electron chi connectivity index (χ1n) is 11.1. The number of methoxy groups -OCH3 is 1. The maximum Gasteiger partial charge on any atom is 0.425 e. The van der Waals surface area contributed by atoms with Gasteiger partial charge in [-0.3, -0.25) is 0 Å². The molecule has 0 spiro atoms. The highest BCUT2D eigenvalue weighted by Crippen LogP contribution is 2.60. The van der Waals surface area contributed by atoms with Crippen molar-refractivity contribution in [3.8, 4) is 5.75 Å². The molecule has 10 heteroatoms. The summed E-state index contributed by atoms with van der Waals surface area (Å²) in [6.07, 6.45) is -6.53. The molecule has 186 valence electrons. The molecule has 0 amide bonds. The Hall–Kier alpha value is -2.98. The van der Waals surface area contributed by atoms with Crippen LogP contribution in [0.1, 0.15) is 41.2 Å². The maximum absolute atomic E-state index is 15.0. The van der Waals surface area contributed by atoms with E-state index in [4.69, 9.17) is 18.6 Å². The van der Waals surface area contributed by atoms with Gasteiger partial charge in [0, 0.05) is 16.5 Å². The van der Waals surface area contributed by atoms with Crippen LogP contribution in [0.15, 0.2) is 52.3 Å². The Morgan fingerprint density at radius 3 is 2.66 bits per heavy atom. The highest BCUT2D eigenvalue weighted by molar-refractivity contribution is 7.10. The number of nitrogens with one attached hydrogen (secondary N) is 1. The summed E-state index contributed by atoms with van der Waals surface area (Å²) in [5.74, 6) is -0.776. The van der Waals surface area contributed by atoms with Crippen molar-refractivity contribution in [2.45, 2.75) is 49.6 Å². The molecule has 0 aliphatic carbocycles. The summed E-state index contributed by atoms with van der Waals surface area (Å²) in [6, 6.07) is 11.8. The number of halogens is 3. The Morgan fingerprint density at radius 1 is 1.26 bits per heavy atom. The molecule has 5 rings (SSSR count). The van der Waals surface area contributed by atoms with Gasteiger partial charge in [-0.2, -0.15) is 13.2 Å². The third kappa shape index (κ3) is 3.45. The van der Waals surface area contributed by atoms with Crippen LogP contribution in [0.25, 0.3) is 0 Å². The predicted molar refractivity (Wildman–Crippen MR) is 123 cm³/mol. The van der Waals surface area contributed by atoms with Crippen LogP contribution >= 0.6 is 11.3 Å². The van der Waals surface area contributed by atoms with Crippen LogP contribution < -0.4 is 10.1 Å². The number of carbonyl (C=O) groups is 1. The van der Waals surface area contributed by atoms with E-state index < -0.39 is 35.3 Å². The van der Waals surface area contributed by atoms with Crippen molar-refractivity contribution in [2.24, 2.45) is 0 Å². The summed E-state index contributed by atoms with van der Waals surface area (Å²) in [5, 5.41) is 4.32. The van der Waals surface area contributed by atoms with Crippen molar-refractivity contribution >= 4 is 23.0 Å². The van der Waals surface area contributed by atoms with Gasteiger partial charge in [0.1, 0.15) is 23.4 Å². The van der Waals surface area contributed by atoms with E-state index in [0.717, 1.165) is 0 Å². The summed E-state index contributed by atoms with van der Waals surface area (Å²) < 4.78 is 67.6. The number of esters is 1. The highest BCUT2D eigenvalue weighted by Gasteiger charge is 2.74. The standard InChI is InChI=1S/C25H24F3NO5S/c1-4-32-22(30)24(25(26,27)28)21-17(16-12-15(31-3)8-9-18(16)29-24)13-23(34-21,20-6-5-11-35-20)19-10-7-14(2)33-19/h5-12,17,21,29H,4,13H2,1-3H3/t17-,21-,23-,24+/m1/s1. The fraction of sp³-hybridized carbons (Fsp3) is 0.400. The summed E-state index contributed by atoms with van der Waals surface area (Å²) in [6.45, 7) is 3.02. The zero-order valence-electron chi connectivity index (χ0n) is 19.3. The fourth-order valence-electron chi connectivity index (χ4n) is 5.16. The van der Waals surface area contributed by atoms with Crippen molar-refractivity contribution in [1.29, 1.82) is 0 Å². The Labute approximate surface area is 204 Å². The molecular weight excluding hydrogens is 483 g/mol. The van der Waals surface area contributed by atoms with Crippen LogP contribution in [0, 0.1) is 6.92 Å². The number of furan rings is 1. The van der Waals surface area contributed by atoms with Gasteiger partial charge >= 0.3 is 12.1 Å². The topological polar surface area (TPSA) is 69.9 Å². The van der Waals surface area contributed by atoms with E-state index in [0.29, 0.717) is 27.7 Å². The predicted octanol–water partition coefficient (Wildman–Crippen LogP) is 5.76. The second-order valence-electron chi connectivity index (χ2n) is 8.67. The van der Waals surface area contributed by atoms with Crippen molar-refractivity contribution in [3.63, 3.8) is 0 Å². The van der Waals surface area contributed by atoms with E-state index in [1.165, 1.54) is 31.4 Å². The first kappa shape index (κ1) is 23.7. The third-order valence-corrected chi connectivity index (χ3v) is 7.73. The van der Waals surface area contributed by atoms with Crippen molar-refractivity contribution in [2.75, 3.05) is 19.0 Å². The van der Waals surface area contributed by atoms with Crippen LogP contribution in [0.5, 0.6) is 5.75 Å². The van der Waals surface area contributed by atoms with Gasteiger partial charge in [-0.1, -0.05) is 6.07 Å². The molecule has 6 nitrogen and oxygen atoms in total. The number of fused-ring (bicyclic) bond motifs is 3. The van der Waals surface area contributed by atoms with Gasteiger partial charge < -0.3 is 23.9 Å². The summed E-state index contributed by atoms with van der Waals surface area (Å²) in [5.41, 5.74) is -3.69.